The lowest BCUT2D eigenvalue weighted by molar-refractivity contribution is -0.00834. The molecular formula is C20H34N4O. The van der Waals surface area contributed by atoms with Crippen molar-refractivity contribution in [3.05, 3.63) is 35.4 Å². The van der Waals surface area contributed by atoms with Crippen molar-refractivity contribution in [1.29, 1.82) is 0 Å². The second kappa shape index (κ2) is 9.20. The van der Waals surface area contributed by atoms with Gasteiger partial charge >= 0.3 is 0 Å². The highest BCUT2D eigenvalue weighted by atomic mass is 16.5. The van der Waals surface area contributed by atoms with E-state index in [9.17, 15) is 0 Å². The normalized spacial score (nSPS) is 18.0. The number of aryl methyl sites for hydroxylation is 1. The molecule has 0 amide bonds. The molecule has 1 aromatic rings. The Morgan fingerprint density at radius 1 is 1.28 bits per heavy atom. The van der Waals surface area contributed by atoms with Crippen LogP contribution in [0.5, 0.6) is 0 Å². The number of benzene rings is 1. The highest BCUT2D eigenvalue weighted by Gasteiger charge is 2.28. The number of hydrogen-bond acceptors (Lipinski definition) is 3. The van der Waals surface area contributed by atoms with Crippen molar-refractivity contribution in [3.8, 4) is 0 Å². The van der Waals surface area contributed by atoms with Crippen molar-refractivity contribution in [2.75, 3.05) is 46.4 Å². The zero-order valence-electron chi connectivity index (χ0n) is 16.4. The second-order valence-corrected chi connectivity index (χ2v) is 7.53. The number of guanidine groups is 1. The summed E-state index contributed by atoms with van der Waals surface area (Å²) in [7, 11) is 1.83. The summed E-state index contributed by atoms with van der Waals surface area (Å²) in [5.41, 5.74) is 2.74. The summed E-state index contributed by atoms with van der Waals surface area (Å²) in [5.74, 6) is 1.30. The maximum atomic E-state index is 5.46. The molecule has 1 fully saturated rings. The minimum atomic E-state index is 0.0730. The monoisotopic (exact) mass is 346 g/mol. The predicted molar refractivity (Wildman–Crippen MR) is 105 cm³/mol. The largest absolute Gasteiger partial charge is 0.379 e. The zero-order chi connectivity index (χ0) is 18.3. The molecule has 0 aliphatic carbocycles. The lowest BCUT2D eigenvalue weighted by atomic mass is 9.99. The smallest absolute Gasteiger partial charge is 0.191 e. The van der Waals surface area contributed by atoms with E-state index in [1.807, 2.05) is 7.05 Å². The number of morpholine rings is 1. The van der Waals surface area contributed by atoms with E-state index in [0.29, 0.717) is 5.92 Å². The highest BCUT2D eigenvalue weighted by molar-refractivity contribution is 5.79. The van der Waals surface area contributed by atoms with Crippen molar-refractivity contribution < 1.29 is 4.74 Å². The SMILES string of the molecule is CN=C(NCC(C)c1cccc(C)c1)NCC(C)(C)N1CCOCC1. The Hall–Kier alpha value is -1.59. The van der Waals surface area contributed by atoms with Crippen LogP contribution in [0.2, 0.25) is 0 Å². The van der Waals surface area contributed by atoms with Gasteiger partial charge in [-0.05, 0) is 32.3 Å². The van der Waals surface area contributed by atoms with Crippen LogP contribution in [-0.4, -0.2) is 62.8 Å². The van der Waals surface area contributed by atoms with Gasteiger partial charge in [0.25, 0.3) is 0 Å². The van der Waals surface area contributed by atoms with Crippen LogP contribution in [0.4, 0.5) is 0 Å². The van der Waals surface area contributed by atoms with Crippen LogP contribution in [0.1, 0.15) is 37.8 Å². The molecule has 0 bridgehead atoms. The lowest BCUT2D eigenvalue weighted by Crippen LogP contribution is -2.56. The van der Waals surface area contributed by atoms with Gasteiger partial charge in [-0.15, -0.1) is 0 Å². The molecule has 2 rings (SSSR count). The lowest BCUT2D eigenvalue weighted by Gasteiger charge is -2.41. The first-order valence-electron chi connectivity index (χ1n) is 9.26. The molecule has 0 radical (unpaired) electrons. The Bertz CT molecular complexity index is 565. The van der Waals surface area contributed by atoms with Crippen LogP contribution in [0, 0.1) is 6.92 Å². The summed E-state index contributed by atoms with van der Waals surface area (Å²) in [5, 5.41) is 6.94. The van der Waals surface area contributed by atoms with Crippen LogP contribution in [0.3, 0.4) is 0 Å². The van der Waals surface area contributed by atoms with E-state index in [2.05, 4.69) is 72.5 Å². The second-order valence-electron chi connectivity index (χ2n) is 7.53. The van der Waals surface area contributed by atoms with Crippen molar-refractivity contribution in [1.82, 2.24) is 15.5 Å². The minimum Gasteiger partial charge on any atom is -0.379 e. The molecule has 1 saturated heterocycles. The molecule has 5 heteroatoms. The van der Waals surface area contributed by atoms with E-state index < -0.39 is 0 Å². The molecule has 25 heavy (non-hydrogen) atoms. The van der Waals surface area contributed by atoms with Gasteiger partial charge in [-0.3, -0.25) is 9.89 Å². The van der Waals surface area contributed by atoms with Gasteiger partial charge in [-0.2, -0.15) is 0 Å². The summed E-state index contributed by atoms with van der Waals surface area (Å²) < 4.78 is 5.46. The molecule has 1 aromatic carbocycles. The van der Waals surface area contributed by atoms with Gasteiger partial charge < -0.3 is 15.4 Å². The van der Waals surface area contributed by atoms with Crippen molar-refractivity contribution in [3.63, 3.8) is 0 Å². The molecule has 0 spiro atoms. The number of aliphatic imine (C=N–C) groups is 1. The van der Waals surface area contributed by atoms with Gasteiger partial charge in [-0.25, -0.2) is 0 Å². The average molecular weight is 347 g/mol. The molecule has 2 N–H and O–H groups in total. The fourth-order valence-electron chi connectivity index (χ4n) is 3.15. The summed E-state index contributed by atoms with van der Waals surface area (Å²) in [4.78, 5) is 6.85. The Morgan fingerprint density at radius 3 is 2.64 bits per heavy atom. The van der Waals surface area contributed by atoms with E-state index >= 15 is 0 Å². The first kappa shape index (κ1) is 19.7. The van der Waals surface area contributed by atoms with Crippen LogP contribution < -0.4 is 10.6 Å². The number of ether oxygens (including phenoxy) is 1. The van der Waals surface area contributed by atoms with E-state index in [0.717, 1.165) is 45.4 Å². The average Bonchev–Trinajstić information content (AvgIpc) is 2.62. The topological polar surface area (TPSA) is 48.9 Å². The predicted octanol–water partition coefficient (Wildman–Crippen LogP) is 2.37. The molecule has 1 heterocycles. The Balaban J connectivity index is 1.82. The molecule has 1 unspecified atom stereocenters. The maximum absolute atomic E-state index is 5.46. The number of nitrogens with one attached hydrogen (secondary N) is 2. The Labute approximate surface area is 152 Å². The maximum Gasteiger partial charge on any atom is 0.191 e. The van der Waals surface area contributed by atoms with Crippen LogP contribution in [0.25, 0.3) is 0 Å². The third-order valence-corrected chi connectivity index (χ3v) is 4.97. The first-order chi connectivity index (χ1) is 11.9. The number of nitrogens with zero attached hydrogens (tertiary/aromatic N) is 2. The Kier molecular flexibility index (Phi) is 7.26. The fraction of sp³-hybridized carbons (Fsp3) is 0.650. The van der Waals surface area contributed by atoms with Crippen molar-refractivity contribution >= 4 is 5.96 Å². The van der Waals surface area contributed by atoms with Crippen molar-refractivity contribution in [2.45, 2.75) is 39.2 Å². The summed E-state index contributed by atoms with van der Waals surface area (Å²) >= 11 is 0. The molecule has 140 valence electrons. The summed E-state index contributed by atoms with van der Waals surface area (Å²) in [6, 6.07) is 8.71. The third-order valence-electron chi connectivity index (χ3n) is 4.97. The molecule has 1 aliphatic heterocycles. The van der Waals surface area contributed by atoms with Crippen LogP contribution in [-0.2, 0) is 4.74 Å². The van der Waals surface area contributed by atoms with Gasteiger partial charge in [0.1, 0.15) is 0 Å². The molecule has 1 aliphatic rings. The number of hydrogen-bond donors (Lipinski definition) is 2. The Morgan fingerprint density at radius 2 is 2.00 bits per heavy atom. The van der Waals surface area contributed by atoms with Gasteiger partial charge in [-0.1, -0.05) is 36.8 Å². The van der Waals surface area contributed by atoms with Crippen molar-refractivity contribution in [2.24, 2.45) is 4.99 Å². The quantitative estimate of drug-likeness (QED) is 0.613. The van der Waals surface area contributed by atoms with E-state index in [-0.39, 0.29) is 5.54 Å². The van der Waals surface area contributed by atoms with Crippen LogP contribution >= 0.6 is 0 Å². The molecule has 1 atom stereocenters. The minimum absolute atomic E-state index is 0.0730. The van der Waals surface area contributed by atoms with Crippen LogP contribution in [0.15, 0.2) is 29.3 Å². The fourth-order valence-corrected chi connectivity index (χ4v) is 3.15. The standard InChI is InChI=1S/C20H34N4O/c1-16-7-6-8-18(13-16)17(2)14-22-19(21-5)23-15-20(3,4)24-9-11-25-12-10-24/h6-8,13,17H,9-12,14-15H2,1-5H3,(H2,21,22,23). The molecule has 0 saturated carbocycles. The molecule has 0 aromatic heterocycles. The van der Waals surface area contributed by atoms with Gasteiger partial charge in [0.2, 0.25) is 0 Å². The summed E-state index contributed by atoms with van der Waals surface area (Å²) in [6.45, 7) is 14.3. The summed E-state index contributed by atoms with van der Waals surface area (Å²) in [6.07, 6.45) is 0. The first-order valence-corrected chi connectivity index (χ1v) is 9.26. The van der Waals surface area contributed by atoms with Gasteiger partial charge in [0.15, 0.2) is 5.96 Å². The van der Waals surface area contributed by atoms with E-state index in [4.69, 9.17) is 4.74 Å². The number of rotatable bonds is 6. The zero-order valence-corrected chi connectivity index (χ0v) is 16.4. The van der Waals surface area contributed by atoms with E-state index in [1.54, 1.807) is 0 Å². The highest BCUT2D eigenvalue weighted by Crippen LogP contribution is 2.16. The molecular weight excluding hydrogens is 312 g/mol. The van der Waals surface area contributed by atoms with Gasteiger partial charge in [0, 0.05) is 38.8 Å². The molecule has 5 nitrogen and oxygen atoms in total. The van der Waals surface area contributed by atoms with E-state index in [1.165, 1.54) is 11.1 Å². The van der Waals surface area contributed by atoms with Gasteiger partial charge in [0.05, 0.1) is 13.2 Å². The third kappa shape index (κ3) is 6.01.